The van der Waals surface area contributed by atoms with Crippen molar-refractivity contribution in [2.75, 3.05) is 12.4 Å². The van der Waals surface area contributed by atoms with Crippen LogP contribution in [0.15, 0.2) is 29.4 Å². The molecule has 2 aliphatic rings. The number of amides is 1. The van der Waals surface area contributed by atoms with Crippen LogP contribution in [0.25, 0.3) is 0 Å². The number of hydrazine groups is 1. The van der Waals surface area contributed by atoms with Crippen LogP contribution in [0.3, 0.4) is 0 Å². The molecule has 7 nitrogen and oxygen atoms in total. The van der Waals surface area contributed by atoms with Crippen molar-refractivity contribution in [3.8, 4) is 0 Å². The number of fused-ring (bicyclic) bond motifs is 1. The number of hydrogen-bond donors (Lipinski definition) is 3. The molecule has 1 saturated carbocycles. The first-order valence-electron chi connectivity index (χ1n) is 10.3. The van der Waals surface area contributed by atoms with Crippen molar-refractivity contribution in [1.29, 1.82) is 0 Å². The zero-order chi connectivity index (χ0) is 22.2. The number of anilines is 1. The number of nitrogens with one attached hydrogen (secondary N) is 1. The molecule has 166 valence electrons. The van der Waals surface area contributed by atoms with E-state index in [4.69, 9.17) is 11.6 Å². The standard InChI is InChI=1S/C21H26F2N6OS/c1-29(25)28-18(24)13-7-5-12(6-8-13)17(14-9-10-21(22,23)11-14)19(30)27-20-26-15-3-2-4-16(15)31-20/h5-8,14,17H,2-4,9-11,25H2,1H3,(H2,24,28)(H,26,27,30). The summed E-state index contributed by atoms with van der Waals surface area (Å²) in [5.41, 5.74) is 8.26. The SMILES string of the molecule is CN(N)/N=C(\N)c1ccc(C(C(=O)Nc2nc3c(s2)CCC3)C2CCC(F)(F)C2)cc1. The van der Waals surface area contributed by atoms with Crippen LogP contribution in [0.4, 0.5) is 13.9 Å². The molecule has 31 heavy (non-hydrogen) atoms. The maximum atomic E-state index is 14.0. The average molecular weight is 449 g/mol. The van der Waals surface area contributed by atoms with Gasteiger partial charge in [-0.2, -0.15) is 0 Å². The van der Waals surface area contributed by atoms with Gasteiger partial charge in [-0.25, -0.2) is 24.7 Å². The molecule has 5 N–H and O–H groups in total. The Balaban J connectivity index is 1.58. The van der Waals surface area contributed by atoms with Gasteiger partial charge in [-0.3, -0.25) is 4.79 Å². The largest absolute Gasteiger partial charge is 0.382 e. The van der Waals surface area contributed by atoms with Crippen molar-refractivity contribution in [2.45, 2.75) is 50.4 Å². The lowest BCUT2D eigenvalue weighted by molar-refractivity contribution is -0.118. The second kappa shape index (κ2) is 8.51. The molecule has 1 aromatic heterocycles. The van der Waals surface area contributed by atoms with Gasteiger partial charge in [-0.1, -0.05) is 24.3 Å². The molecule has 0 spiro atoms. The number of amidine groups is 1. The first-order valence-corrected chi connectivity index (χ1v) is 11.1. The van der Waals surface area contributed by atoms with E-state index in [0.717, 1.165) is 30.1 Å². The molecule has 1 amide bonds. The summed E-state index contributed by atoms with van der Waals surface area (Å²) in [5.74, 6) is 1.53. The molecule has 2 atom stereocenters. The van der Waals surface area contributed by atoms with Crippen LogP contribution in [0.1, 0.15) is 53.3 Å². The fourth-order valence-electron chi connectivity index (χ4n) is 4.42. The number of rotatable bonds is 6. The predicted octanol–water partition coefficient (Wildman–Crippen LogP) is 3.22. The Kier molecular flexibility index (Phi) is 5.94. The van der Waals surface area contributed by atoms with E-state index >= 15 is 0 Å². The van der Waals surface area contributed by atoms with Gasteiger partial charge in [0, 0.05) is 30.3 Å². The number of carbonyl (C=O) groups is 1. The van der Waals surface area contributed by atoms with Gasteiger partial charge in [0.1, 0.15) is 0 Å². The van der Waals surface area contributed by atoms with E-state index in [1.807, 2.05) is 0 Å². The molecule has 0 radical (unpaired) electrons. The lowest BCUT2D eigenvalue weighted by atomic mass is 9.83. The molecule has 1 heterocycles. The molecule has 0 aliphatic heterocycles. The molecule has 2 unspecified atom stereocenters. The normalized spacial score (nSPS) is 21.0. The van der Waals surface area contributed by atoms with Crippen molar-refractivity contribution in [1.82, 2.24) is 10.1 Å². The Labute approximate surface area is 183 Å². The molecule has 2 aliphatic carbocycles. The van der Waals surface area contributed by atoms with Crippen LogP contribution in [-0.4, -0.2) is 34.8 Å². The number of thiazole rings is 1. The van der Waals surface area contributed by atoms with Crippen LogP contribution < -0.4 is 16.9 Å². The van der Waals surface area contributed by atoms with Crippen molar-refractivity contribution in [2.24, 2.45) is 22.6 Å². The molecule has 2 aromatic rings. The molecular weight excluding hydrogens is 422 g/mol. The number of halogens is 2. The molecule has 10 heteroatoms. The van der Waals surface area contributed by atoms with Gasteiger partial charge in [0.05, 0.1) is 11.6 Å². The highest BCUT2D eigenvalue weighted by molar-refractivity contribution is 7.15. The summed E-state index contributed by atoms with van der Waals surface area (Å²) in [6.45, 7) is 0. The number of hydrazone groups is 1. The topological polar surface area (TPSA) is 110 Å². The summed E-state index contributed by atoms with van der Waals surface area (Å²) >= 11 is 1.48. The third-order valence-corrected chi connectivity index (χ3v) is 6.93. The minimum Gasteiger partial charge on any atom is -0.382 e. The summed E-state index contributed by atoms with van der Waals surface area (Å²) in [7, 11) is 1.55. The highest BCUT2D eigenvalue weighted by Gasteiger charge is 2.45. The number of aryl methyl sites for hydroxylation is 2. The third kappa shape index (κ3) is 4.85. The first-order chi connectivity index (χ1) is 14.7. The highest BCUT2D eigenvalue weighted by atomic mass is 32.1. The number of carbonyl (C=O) groups excluding carboxylic acids is 1. The van der Waals surface area contributed by atoms with Gasteiger partial charge in [0.25, 0.3) is 0 Å². The lowest BCUT2D eigenvalue weighted by Crippen LogP contribution is -2.28. The van der Waals surface area contributed by atoms with Crippen molar-refractivity contribution in [3.05, 3.63) is 46.0 Å². The third-order valence-electron chi connectivity index (χ3n) is 5.85. The summed E-state index contributed by atoms with van der Waals surface area (Å²) in [6, 6.07) is 6.94. The van der Waals surface area contributed by atoms with E-state index in [9.17, 15) is 13.6 Å². The zero-order valence-electron chi connectivity index (χ0n) is 17.3. The van der Waals surface area contributed by atoms with Crippen LogP contribution in [0.5, 0.6) is 0 Å². The summed E-state index contributed by atoms with van der Waals surface area (Å²) in [6.07, 6.45) is 2.77. The minimum absolute atomic E-state index is 0.201. The van der Waals surface area contributed by atoms with Gasteiger partial charge in [0.15, 0.2) is 11.0 Å². The quantitative estimate of drug-likeness (QED) is 0.272. The smallest absolute Gasteiger partial charge is 0.248 e. The Morgan fingerprint density at radius 2 is 2.10 bits per heavy atom. The van der Waals surface area contributed by atoms with Crippen molar-refractivity contribution < 1.29 is 13.6 Å². The Hall–Kier alpha value is -2.59. The molecular formula is C21H26F2N6OS. The highest BCUT2D eigenvalue weighted by Crippen LogP contribution is 2.46. The van der Waals surface area contributed by atoms with Crippen LogP contribution in [0, 0.1) is 5.92 Å². The molecule has 1 aromatic carbocycles. The summed E-state index contributed by atoms with van der Waals surface area (Å²) in [5, 5.41) is 8.49. The maximum absolute atomic E-state index is 14.0. The van der Waals surface area contributed by atoms with Crippen LogP contribution in [0.2, 0.25) is 0 Å². The number of benzene rings is 1. The first kappa shape index (κ1) is 21.6. The summed E-state index contributed by atoms with van der Waals surface area (Å²) in [4.78, 5) is 19.0. The van der Waals surface area contributed by atoms with Gasteiger partial charge in [-0.05, 0) is 37.2 Å². The number of aromatic nitrogens is 1. The van der Waals surface area contributed by atoms with Gasteiger partial charge < -0.3 is 11.1 Å². The zero-order valence-corrected chi connectivity index (χ0v) is 18.1. The second-order valence-corrected chi connectivity index (χ2v) is 9.33. The van der Waals surface area contributed by atoms with E-state index in [1.54, 1.807) is 31.3 Å². The summed E-state index contributed by atoms with van der Waals surface area (Å²) < 4.78 is 27.9. The average Bonchev–Trinajstić information content (AvgIpc) is 3.37. The van der Waals surface area contributed by atoms with E-state index in [-0.39, 0.29) is 24.6 Å². The molecule has 4 rings (SSSR count). The molecule has 1 fully saturated rings. The lowest BCUT2D eigenvalue weighted by Gasteiger charge is -2.23. The molecule has 0 bridgehead atoms. The van der Waals surface area contributed by atoms with Crippen LogP contribution >= 0.6 is 11.3 Å². The number of nitrogens with two attached hydrogens (primary N) is 2. The maximum Gasteiger partial charge on any atom is 0.248 e. The fourth-order valence-corrected chi connectivity index (χ4v) is 5.48. The Bertz CT molecular complexity index is 967. The number of hydrogen-bond acceptors (Lipinski definition) is 6. The van der Waals surface area contributed by atoms with Gasteiger partial charge >= 0.3 is 0 Å². The molecule has 0 saturated heterocycles. The Morgan fingerprint density at radius 1 is 1.35 bits per heavy atom. The number of alkyl halides is 2. The minimum atomic E-state index is -2.74. The van der Waals surface area contributed by atoms with E-state index < -0.39 is 17.8 Å². The van der Waals surface area contributed by atoms with E-state index in [1.165, 1.54) is 16.2 Å². The fraction of sp³-hybridized carbons (Fsp3) is 0.476. The Morgan fingerprint density at radius 3 is 2.71 bits per heavy atom. The van der Waals surface area contributed by atoms with Gasteiger partial charge in [-0.15, -0.1) is 16.4 Å². The van der Waals surface area contributed by atoms with E-state index in [2.05, 4.69) is 15.4 Å². The van der Waals surface area contributed by atoms with Crippen LogP contribution in [-0.2, 0) is 17.6 Å². The predicted molar refractivity (Wildman–Crippen MR) is 117 cm³/mol. The second-order valence-electron chi connectivity index (χ2n) is 8.25. The van der Waals surface area contributed by atoms with Crippen molar-refractivity contribution >= 4 is 28.2 Å². The van der Waals surface area contributed by atoms with Gasteiger partial charge in [0.2, 0.25) is 11.8 Å². The monoisotopic (exact) mass is 448 g/mol. The van der Waals surface area contributed by atoms with E-state index in [0.29, 0.717) is 22.7 Å². The van der Waals surface area contributed by atoms with Crippen molar-refractivity contribution in [3.63, 3.8) is 0 Å². The number of nitrogens with zero attached hydrogens (tertiary/aromatic N) is 3.